The molecule has 1 aromatic carbocycles. The van der Waals surface area contributed by atoms with Gasteiger partial charge in [-0.3, -0.25) is 4.90 Å². The third kappa shape index (κ3) is 4.45. The van der Waals surface area contributed by atoms with Crippen molar-refractivity contribution in [2.24, 2.45) is 5.14 Å². The molecule has 0 spiro atoms. The molecule has 1 fully saturated rings. The molecule has 1 atom stereocenters. The number of nitrogens with two attached hydrogens (primary N) is 1. The van der Waals surface area contributed by atoms with Gasteiger partial charge in [0.15, 0.2) is 0 Å². The van der Waals surface area contributed by atoms with Gasteiger partial charge in [-0.25, -0.2) is 13.6 Å². The molecular formula is C13H21N3O3S. The molecule has 1 heterocycles. The van der Waals surface area contributed by atoms with Crippen molar-refractivity contribution in [3.8, 4) is 5.75 Å². The van der Waals surface area contributed by atoms with Gasteiger partial charge in [0.2, 0.25) is 10.0 Å². The molecule has 112 valence electrons. The van der Waals surface area contributed by atoms with Gasteiger partial charge in [0.25, 0.3) is 0 Å². The van der Waals surface area contributed by atoms with Crippen molar-refractivity contribution in [2.45, 2.75) is 17.9 Å². The SMILES string of the molecule is C[C@@H]1CN(CCOc2ccc(S(N)(=O)=O)cc2)CCN1. The Morgan fingerprint density at radius 2 is 2.10 bits per heavy atom. The summed E-state index contributed by atoms with van der Waals surface area (Å²) in [7, 11) is -3.63. The summed E-state index contributed by atoms with van der Waals surface area (Å²) in [6.45, 7) is 6.67. The molecule has 0 aromatic heterocycles. The maximum absolute atomic E-state index is 11.1. The van der Waals surface area contributed by atoms with Crippen LogP contribution in [0.25, 0.3) is 0 Å². The highest BCUT2D eigenvalue weighted by Gasteiger charge is 2.14. The maximum atomic E-state index is 11.1. The third-order valence-corrected chi connectivity index (χ3v) is 4.21. The van der Waals surface area contributed by atoms with E-state index in [1.54, 1.807) is 12.1 Å². The van der Waals surface area contributed by atoms with E-state index in [9.17, 15) is 8.42 Å². The lowest BCUT2D eigenvalue weighted by molar-refractivity contribution is 0.170. The zero-order valence-corrected chi connectivity index (χ0v) is 12.4. The Morgan fingerprint density at radius 3 is 2.70 bits per heavy atom. The quantitative estimate of drug-likeness (QED) is 0.800. The van der Waals surface area contributed by atoms with E-state index >= 15 is 0 Å². The van der Waals surface area contributed by atoms with E-state index in [2.05, 4.69) is 17.1 Å². The van der Waals surface area contributed by atoms with Crippen LogP contribution >= 0.6 is 0 Å². The van der Waals surface area contributed by atoms with Gasteiger partial charge in [-0.1, -0.05) is 0 Å². The third-order valence-electron chi connectivity index (χ3n) is 3.28. The minimum absolute atomic E-state index is 0.0979. The number of piperazine rings is 1. The van der Waals surface area contributed by atoms with E-state index in [1.807, 2.05) is 0 Å². The van der Waals surface area contributed by atoms with E-state index in [0.717, 1.165) is 26.2 Å². The molecule has 7 heteroatoms. The van der Waals surface area contributed by atoms with E-state index in [1.165, 1.54) is 12.1 Å². The van der Waals surface area contributed by atoms with Crippen molar-refractivity contribution in [3.05, 3.63) is 24.3 Å². The summed E-state index contributed by atoms with van der Waals surface area (Å²) >= 11 is 0. The number of rotatable bonds is 5. The molecule has 0 amide bonds. The standard InChI is InChI=1S/C13H21N3O3S/c1-11-10-16(7-6-15-11)8-9-19-12-2-4-13(5-3-12)20(14,17)18/h2-5,11,15H,6-10H2,1H3,(H2,14,17,18)/t11-/m1/s1. The summed E-state index contributed by atoms with van der Waals surface area (Å²) in [4.78, 5) is 2.45. The lowest BCUT2D eigenvalue weighted by Gasteiger charge is -2.31. The zero-order valence-electron chi connectivity index (χ0n) is 11.6. The van der Waals surface area contributed by atoms with Crippen molar-refractivity contribution < 1.29 is 13.2 Å². The summed E-state index contributed by atoms with van der Waals surface area (Å²) in [6, 6.07) is 6.67. The normalized spacial score (nSPS) is 20.8. The van der Waals surface area contributed by atoms with Gasteiger partial charge in [0.1, 0.15) is 12.4 Å². The van der Waals surface area contributed by atoms with Crippen LogP contribution in [0.4, 0.5) is 0 Å². The van der Waals surface area contributed by atoms with Gasteiger partial charge in [-0.05, 0) is 31.2 Å². The molecule has 3 N–H and O–H groups in total. The molecule has 1 aliphatic rings. The second-order valence-electron chi connectivity index (χ2n) is 5.02. The smallest absolute Gasteiger partial charge is 0.238 e. The van der Waals surface area contributed by atoms with Crippen LogP contribution in [0.1, 0.15) is 6.92 Å². The predicted octanol–water partition coefficient (Wildman–Crippen LogP) is 0.00650. The van der Waals surface area contributed by atoms with Crippen molar-refractivity contribution in [3.63, 3.8) is 0 Å². The summed E-state index contributed by atoms with van der Waals surface area (Å²) in [6.07, 6.45) is 0. The number of sulfonamides is 1. The number of benzene rings is 1. The van der Waals surface area contributed by atoms with Crippen LogP contribution in [0.3, 0.4) is 0 Å². The van der Waals surface area contributed by atoms with Gasteiger partial charge in [-0.2, -0.15) is 0 Å². The Balaban J connectivity index is 1.79. The molecule has 0 radical (unpaired) electrons. The molecule has 20 heavy (non-hydrogen) atoms. The zero-order chi connectivity index (χ0) is 14.6. The predicted molar refractivity (Wildman–Crippen MR) is 77.2 cm³/mol. The van der Waals surface area contributed by atoms with Crippen LogP contribution in [0.2, 0.25) is 0 Å². The molecule has 0 saturated carbocycles. The molecule has 2 rings (SSSR count). The first-order valence-electron chi connectivity index (χ1n) is 6.66. The van der Waals surface area contributed by atoms with E-state index in [0.29, 0.717) is 18.4 Å². The summed E-state index contributed by atoms with van der Waals surface area (Å²) in [5.74, 6) is 0.653. The van der Waals surface area contributed by atoms with Crippen molar-refractivity contribution in [1.82, 2.24) is 10.2 Å². The molecular weight excluding hydrogens is 278 g/mol. The topological polar surface area (TPSA) is 84.7 Å². The number of nitrogens with zero attached hydrogens (tertiary/aromatic N) is 1. The average molecular weight is 299 g/mol. The highest BCUT2D eigenvalue weighted by molar-refractivity contribution is 7.89. The first-order chi connectivity index (χ1) is 9.45. The number of hydrogen-bond acceptors (Lipinski definition) is 5. The Kier molecular flexibility index (Phi) is 4.98. The first kappa shape index (κ1) is 15.2. The molecule has 0 aliphatic carbocycles. The first-order valence-corrected chi connectivity index (χ1v) is 8.21. The molecule has 1 aromatic rings. The minimum atomic E-state index is -3.63. The maximum Gasteiger partial charge on any atom is 0.238 e. The van der Waals surface area contributed by atoms with E-state index < -0.39 is 10.0 Å². The van der Waals surface area contributed by atoms with Crippen LogP contribution in [0, 0.1) is 0 Å². The van der Waals surface area contributed by atoms with E-state index in [-0.39, 0.29) is 4.90 Å². The Morgan fingerprint density at radius 1 is 1.40 bits per heavy atom. The highest BCUT2D eigenvalue weighted by Crippen LogP contribution is 2.14. The van der Waals surface area contributed by atoms with Gasteiger partial charge in [-0.15, -0.1) is 0 Å². The second-order valence-corrected chi connectivity index (χ2v) is 6.58. The fourth-order valence-electron chi connectivity index (χ4n) is 2.23. The lowest BCUT2D eigenvalue weighted by atomic mass is 10.2. The lowest BCUT2D eigenvalue weighted by Crippen LogP contribution is -2.50. The summed E-state index contributed by atoms with van der Waals surface area (Å²) < 4.78 is 27.9. The van der Waals surface area contributed by atoms with Crippen LogP contribution in [0.15, 0.2) is 29.2 Å². The fourth-order valence-corrected chi connectivity index (χ4v) is 2.75. The summed E-state index contributed by atoms with van der Waals surface area (Å²) in [5, 5.41) is 8.43. The molecule has 1 saturated heterocycles. The van der Waals surface area contributed by atoms with Gasteiger partial charge in [0, 0.05) is 32.2 Å². The van der Waals surface area contributed by atoms with Crippen LogP contribution < -0.4 is 15.2 Å². The molecule has 6 nitrogen and oxygen atoms in total. The average Bonchev–Trinajstić information content (AvgIpc) is 2.38. The Bertz CT molecular complexity index is 530. The van der Waals surface area contributed by atoms with Crippen LogP contribution in [0.5, 0.6) is 5.75 Å². The van der Waals surface area contributed by atoms with Gasteiger partial charge in [0.05, 0.1) is 4.90 Å². The van der Waals surface area contributed by atoms with E-state index in [4.69, 9.17) is 9.88 Å². The van der Waals surface area contributed by atoms with Gasteiger partial charge >= 0.3 is 0 Å². The van der Waals surface area contributed by atoms with Crippen molar-refractivity contribution in [1.29, 1.82) is 0 Å². The van der Waals surface area contributed by atoms with Crippen molar-refractivity contribution >= 4 is 10.0 Å². The van der Waals surface area contributed by atoms with Gasteiger partial charge < -0.3 is 10.1 Å². The molecule has 0 bridgehead atoms. The second kappa shape index (κ2) is 6.53. The van der Waals surface area contributed by atoms with Crippen LogP contribution in [-0.2, 0) is 10.0 Å². The number of nitrogens with one attached hydrogen (secondary N) is 1. The monoisotopic (exact) mass is 299 g/mol. The van der Waals surface area contributed by atoms with Crippen molar-refractivity contribution in [2.75, 3.05) is 32.8 Å². The largest absolute Gasteiger partial charge is 0.492 e. The number of primary sulfonamides is 1. The Hall–Kier alpha value is -1.15. The minimum Gasteiger partial charge on any atom is -0.492 e. The summed E-state index contributed by atoms with van der Waals surface area (Å²) in [5.41, 5.74) is 0. The number of hydrogen-bond donors (Lipinski definition) is 2. The fraction of sp³-hybridized carbons (Fsp3) is 0.538. The molecule has 1 aliphatic heterocycles. The Labute approximate surface area is 120 Å². The highest BCUT2D eigenvalue weighted by atomic mass is 32.2. The number of ether oxygens (including phenoxy) is 1. The van der Waals surface area contributed by atoms with Crippen LogP contribution in [-0.4, -0.2) is 52.1 Å². The molecule has 0 unspecified atom stereocenters.